The number of fused-ring (bicyclic) bond motifs is 5. The highest BCUT2D eigenvalue weighted by Crippen LogP contribution is 2.63. The van der Waals surface area contributed by atoms with Gasteiger partial charge in [-0.15, -0.1) is 11.6 Å². The van der Waals surface area contributed by atoms with Crippen LogP contribution in [0.5, 0.6) is 0 Å². The van der Waals surface area contributed by atoms with Gasteiger partial charge < -0.3 is 0 Å². The Balaban J connectivity index is 1.91. The third kappa shape index (κ3) is 1.34. The van der Waals surface area contributed by atoms with E-state index >= 15 is 0 Å². The first-order valence-electron chi connectivity index (χ1n) is 5.40. The predicted octanol–water partition coefficient (Wildman–Crippen LogP) is 3.54. The zero-order chi connectivity index (χ0) is 10.7. The normalized spacial score (nSPS) is 62.1. The summed E-state index contributed by atoms with van der Waals surface area (Å²) in [6.07, 6.45) is 2.28. The van der Waals surface area contributed by atoms with Crippen LogP contribution in [0.25, 0.3) is 0 Å². The molecule has 0 radical (unpaired) electrons. The van der Waals surface area contributed by atoms with Gasteiger partial charge in [0.1, 0.15) is 6.04 Å². The molecule has 8 atom stereocenters. The number of hydrogen-bond donors (Lipinski definition) is 0. The van der Waals surface area contributed by atoms with E-state index in [9.17, 15) is 4.91 Å². The Morgan fingerprint density at radius 3 is 2.53 bits per heavy atom. The van der Waals surface area contributed by atoms with Crippen LogP contribution in [0.1, 0.15) is 12.8 Å². The molecule has 3 saturated carbocycles. The van der Waals surface area contributed by atoms with Gasteiger partial charge in [-0.3, -0.25) is 0 Å². The maximum absolute atomic E-state index is 10.8. The van der Waals surface area contributed by atoms with Gasteiger partial charge in [0.2, 0.25) is 0 Å². The molecule has 0 N–H and O–H groups in total. The summed E-state index contributed by atoms with van der Waals surface area (Å²) in [5.74, 6) is 2.25. The Kier molecular flexibility index (Phi) is 2.69. The largest absolute Gasteiger partial charge is 0.150 e. The molecular weight excluding hydrogens is 345 g/mol. The van der Waals surface area contributed by atoms with Crippen LogP contribution in [-0.2, 0) is 0 Å². The fraction of sp³-hybridized carbons (Fsp3) is 1.00. The second kappa shape index (κ2) is 3.67. The zero-order valence-corrected chi connectivity index (χ0v) is 12.0. The van der Waals surface area contributed by atoms with E-state index in [0.717, 1.165) is 12.8 Å². The zero-order valence-electron chi connectivity index (χ0n) is 8.02. The summed E-state index contributed by atoms with van der Waals surface area (Å²) in [4.78, 5) is 11.9. The molecular formula is C10H12Br2ClNO. The van der Waals surface area contributed by atoms with E-state index < -0.39 is 0 Å². The van der Waals surface area contributed by atoms with E-state index in [4.69, 9.17) is 11.6 Å². The number of halogens is 3. The lowest BCUT2D eigenvalue weighted by molar-refractivity contribution is 0.242. The van der Waals surface area contributed by atoms with Crippen LogP contribution in [0.2, 0.25) is 0 Å². The first-order chi connectivity index (χ1) is 7.15. The first-order valence-corrected chi connectivity index (χ1v) is 7.66. The van der Waals surface area contributed by atoms with Crippen LogP contribution in [0.3, 0.4) is 0 Å². The molecule has 0 aliphatic heterocycles. The van der Waals surface area contributed by atoms with Gasteiger partial charge >= 0.3 is 0 Å². The Labute approximate surface area is 111 Å². The molecule has 2 bridgehead atoms. The quantitative estimate of drug-likeness (QED) is 0.521. The van der Waals surface area contributed by atoms with Crippen molar-refractivity contribution in [1.82, 2.24) is 0 Å². The molecule has 0 heterocycles. The van der Waals surface area contributed by atoms with Crippen molar-refractivity contribution in [2.24, 2.45) is 28.8 Å². The third-order valence-corrected chi connectivity index (χ3v) is 8.07. The number of nitroso groups, excluding NO2 is 1. The Bertz CT molecular complexity index is 301. The molecule has 0 amide bonds. The fourth-order valence-electron chi connectivity index (χ4n) is 4.05. The maximum Gasteiger partial charge on any atom is 0.112 e. The SMILES string of the molecule is O=NC1C(Cl)C2CC1C1CC(Br)C(Br)C21. The third-order valence-electron chi connectivity index (χ3n) is 4.59. The lowest BCUT2D eigenvalue weighted by Crippen LogP contribution is -2.38. The van der Waals surface area contributed by atoms with E-state index in [2.05, 4.69) is 37.0 Å². The molecule has 3 rings (SSSR count). The number of alkyl halides is 3. The van der Waals surface area contributed by atoms with E-state index in [1.165, 1.54) is 0 Å². The van der Waals surface area contributed by atoms with Gasteiger partial charge in [-0.25, -0.2) is 0 Å². The van der Waals surface area contributed by atoms with E-state index in [-0.39, 0.29) is 11.4 Å². The molecule has 0 saturated heterocycles. The van der Waals surface area contributed by atoms with Crippen molar-refractivity contribution < 1.29 is 0 Å². The topological polar surface area (TPSA) is 29.4 Å². The maximum atomic E-state index is 10.8. The minimum atomic E-state index is -0.129. The Morgan fingerprint density at radius 1 is 1.13 bits per heavy atom. The van der Waals surface area contributed by atoms with Gasteiger partial charge in [0.05, 0.1) is 5.38 Å². The van der Waals surface area contributed by atoms with Crippen LogP contribution in [0.4, 0.5) is 0 Å². The first kappa shape index (κ1) is 11.0. The fourth-order valence-corrected chi connectivity index (χ4v) is 6.33. The summed E-state index contributed by atoms with van der Waals surface area (Å²) in [6, 6.07) is -0.129. The molecule has 5 heteroatoms. The molecule has 3 aliphatic carbocycles. The number of nitrogens with zero attached hydrogens (tertiary/aromatic N) is 1. The summed E-state index contributed by atoms with van der Waals surface area (Å²) in [7, 11) is 0. The molecule has 3 fully saturated rings. The average Bonchev–Trinajstić information content (AvgIpc) is 2.79. The predicted molar refractivity (Wildman–Crippen MR) is 67.8 cm³/mol. The monoisotopic (exact) mass is 355 g/mol. The van der Waals surface area contributed by atoms with Gasteiger partial charge in [0, 0.05) is 9.65 Å². The van der Waals surface area contributed by atoms with Crippen LogP contribution in [0.15, 0.2) is 5.18 Å². The number of rotatable bonds is 1. The van der Waals surface area contributed by atoms with Crippen LogP contribution in [0, 0.1) is 28.6 Å². The summed E-state index contributed by atoms with van der Waals surface area (Å²) in [5.41, 5.74) is 0. The molecule has 84 valence electrons. The van der Waals surface area contributed by atoms with E-state index in [0.29, 0.717) is 33.3 Å². The second-order valence-electron chi connectivity index (χ2n) is 5.04. The average molecular weight is 357 g/mol. The molecule has 2 nitrogen and oxygen atoms in total. The van der Waals surface area contributed by atoms with Gasteiger partial charge in [-0.2, -0.15) is 4.91 Å². The molecule has 0 aromatic carbocycles. The Hall–Kier alpha value is 0.850. The highest BCUT2D eigenvalue weighted by atomic mass is 79.9. The highest BCUT2D eigenvalue weighted by Gasteiger charge is 2.63. The van der Waals surface area contributed by atoms with Gasteiger partial charge in [0.15, 0.2) is 0 Å². The summed E-state index contributed by atoms with van der Waals surface area (Å²) < 4.78 is 0. The highest BCUT2D eigenvalue weighted by molar-refractivity contribution is 9.12. The van der Waals surface area contributed by atoms with Crippen molar-refractivity contribution in [2.45, 2.75) is 33.9 Å². The molecule has 15 heavy (non-hydrogen) atoms. The molecule has 3 aliphatic rings. The van der Waals surface area contributed by atoms with Crippen molar-refractivity contribution in [3.63, 3.8) is 0 Å². The molecule has 8 unspecified atom stereocenters. The van der Waals surface area contributed by atoms with E-state index in [1.54, 1.807) is 0 Å². The summed E-state index contributed by atoms with van der Waals surface area (Å²) in [5, 5.41) is 3.23. The van der Waals surface area contributed by atoms with Gasteiger partial charge in [-0.05, 0) is 36.5 Å². The Morgan fingerprint density at radius 2 is 1.87 bits per heavy atom. The molecule has 0 aromatic rings. The van der Waals surface area contributed by atoms with Gasteiger partial charge in [0.25, 0.3) is 0 Å². The molecule has 0 spiro atoms. The molecule has 0 aromatic heterocycles. The van der Waals surface area contributed by atoms with Gasteiger partial charge in [-0.1, -0.05) is 37.0 Å². The second-order valence-corrected chi connectivity index (χ2v) is 7.78. The van der Waals surface area contributed by atoms with Crippen LogP contribution >= 0.6 is 43.5 Å². The summed E-state index contributed by atoms with van der Waals surface area (Å²) >= 11 is 13.8. The lowest BCUT2D eigenvalue weighted by Gasteiger charge is -2.32. The van der Waals surface area contributed by atoms with Crippen LogP contribution < -0.4 is 0 Å². The van der Waals surface area contributed by atoms with Crippen molar-refractivity contribution >= 4 is 43.5 Å². The van der Waals surface area contributed by atoms with Crippen molar-refractivity contribution in [1.29, 1.82) is 0 Å². The van der Waals surface area contributed by atoms with E-state index in [1.807, 2.05) is 0 Å². The standard InChI is InChI=1S/C10H12Br2ClNO/c11-6-2-3-4-1-5(7(3)8(6)12)9(13)10(4)14-15/h3-10H,1-2H2. The summed E-state index contributed by atoms with van der Waals surface area (Å²) in [6.45, 7) is 0. The smallest absolute Gasteiger partial charge is 0.112 e. The minimum absolute atomic E-state index is 0.0217. The van der Waals surface area contributed by atoms with Crippen molar-refractivity contribution in [2.75, 3.05) is 0 Å². The number of hydrogen-bond acceptors (Lipinski definition) is 2. The lowest BCUT2D eigenvalue weighted by atomic mass is 9.79. The van der Waals surface area contributed by atoms with Crippen molar-refractivity contribution in [3.8, 4) is 0 Å². The minimum Gasteiger partial charge on any atom is -0.150 e. The van der Waals surface area contributed by atoms with Crippen molar-refractivity contribution in [3.05, 3.63) is 4.91 Å². The van der Waals surface area contributed by atoms with Crippen LogP contribution in [-0.4, -0.2) is 21.1 Å².